The zero-order valence-electron chi connectivity index (χ0n) is 13.2. The van der Waals surface area contributed by atoms with Gasteiger partial charge in [0, 0.05) is 18.1 Å². The Morgan fingerprint density at radius 3 is 2.42 bits per heavy atom. The van der Waals surface area contributed by atoms with Crippen LogP contribution in [0.15, 0.2) is 51.9 Å². The first-order valence-electron chi connectivity index (χ1n) is 7.19. The third-order valence-corrected chi connectivity index (χ3v) is 4.69. The number of hydrogen-bond donors (Lipinski definition) is 1. The molecule has 0 fully saturated rings. The van der Waals surface area contributed by atoms with Crippen molar-refractivity contribution in [2.45, 2.75) is 11.8 Å². The number of benzene rings is 2. The molecule has 0 spiro atoms. The molecule has 26 heavy (non-hydrogen) atoms. The zero-order valence-corrected chi connectivity index (χ0v) is 14.0. The molecule has 7 nitrogen and oxygen atoms in total. The maximum Gasteiger partial charge on any atom is 0.267 e. The van der Waals surface area contributed by atoms with Crippen LogP contribution in [0.3, 0.4) is 0 Å². The molecule has 1 aromatic heterocycles. The van der Waals surface area contributed by atoms with E-state index in [2.05, 4.69) is 10.1 Å². The number of aryl methyl sites for hydroxylation is 1. The highest BCUT2D eigenvalue weighted by Crippen LogP contribution is 2.18. The van der Waals surface area contributed by atoms with Gasteiger partial charge in [0.1, 0.15) is 16.5 Å². The molecular weight excluding hydrogens is 368 g/mol. The Bertz CT molecular complexity index is 1080. The van der Waals surface area contributed by atoms with Gasteiger partial charge in [0.15, 0.2) is 0 Å². The lowest BCUT2D eigenvalue weighted by molar-refractivity contribution is 0.0981. The third-order valence-electron chi connectivity index (χ3n) is 3.34. The van der Waals surface area contributed by atoms with Crippen molar-refractivity contribution in [3.8, 4) is 11.4 Å². The Hall–Kier alpha value is -3.14. The number of rotatable bonds is 4. The van der Waals surface area contributed by atoms with Gasteiger partial charge in [0.05, 0.1) is 0 Å². The van der Waals surface area contributed by atoms with Gasteiger partial charge in [-0.15, -0.1) is 0 Å². The van der Waals surface area contributed by atoms with Crippen molar-refractivity contribution in [1.82, 2.24) is 14.9 Å². The second kappa shape index (κ2) is 6.64. The average Bonchev–Trinajstić information content (AvgIpc) is 3.03. The predicted molar refractivity (Wildman–Crippen MR) is 85.5 cm³/mol. The van der Waals surface area contributed by atoms with Crippen LogP contribution in [0.5, 0.6) is 0 Å². The summed E-state index contributed by atoms with van der Waals surface area (Å²) in [6, 6.07) is 7.60. The van der Waals surface area contributed by atoms with Crippen molar-refractivity contribution in [2.24, 2.45) is 0 Å². The van der Waals surface area contributed by atoms with E-state index < -0.39 is 32.5 Å². The summed E-state index contributed by atoms with van der Waals surface area (Å²) < 4.78 is 57.6. The van der Waals surface area contributed by atoms with Gasteiger partial charge in [-0.05, 0) is 30.3 Å². The zero-order chi connectivity index (χ0) is 18.9. The monoisotopic (exact) mass is 379 g/mol. The van der Waals surface area contributed by atoms with Crippen LogP contribution in [-0.4, -0.2) is 24.5 Å². The molecule has 0 aliphatic heterocycles. The van der Waals surface area contributed by atoms with Crippen LogP contribution in [0, 0.1) is 18.6 Å². The quantitative estimate of drug-likeness (QED) is 0.747. The van der Waals surface area contributed by atoms with E-state index in [1.165, 1.54) is 24.3 Å². The standard InChI is InChI=1S/C16H11F2N3O4S/c1-9-19-15(20-25-9)10-2-4-11(5-3-10)16(22)21-26(23,24)14-8-12(17)6-7-13(14)18/h2-8H,1H3,(H,21,22). The van der Waals surface area contributed by atoms with Crippen molar-refractivity contribution in [1.29, 1.82) is 0 Å². The van der Waals surface area contributed by atoms with E-state index in [1.54, 1.807) is 11.6 Å². The minimum absolute atomic E-state index is 0.00523. The van der Waals surface area contributed by atoms with E-state index in [9.17, 15) is 22.0 Å². The van der Waals surface area contributed by atoms with Crippen LogP contribution in [0.4, 0.5) is 8.78 Å². The molecule has 1 amide bonds. The highest BCUT2D eigenvalue weighted by molar-refractivity contribution is 7.90. The van der Waals surface area contributed by atoms with Crippen LogP contribution in [-0.2, 0) is 10.0 Å². The SMILES string of the molecule is Cc1nc(-c2ccc(C(=O)NS(=O)(=O)c3cc(F)ccc3F)cc2)no1. The Labute approximate surface area is 146 Å². The van der Waals surface area contributed by atoms with E-state index in [0.29, 0.717) is 29.4 Å². The lowest BCUT2D eigenvalue weighted by Gasteiger charge is -2.08. The summed E-state index contributed by atoms with van der Waals surface area (Å²) in [6.45, 7) is 1.62. The fourth-order valence-corrected chi connectivity index (χ4v) is 3.17. The molecule has 134 valence electrons. The number of aromatic nitrogens is 2. The Balaban J connectivity index is 1.82. The minimum atomic E-state index is -4.57. The average molecular weight is 379 g/mol. The van der Waals surface area contributed by atoms with Crippen LogP contribution < -0.4 is 4.72 Å². The van der Waals surface area contributed by atoms with Gasteiger partial charge < -0.3 is 4.52 Å². The minimum Gasteiger partial charge on any atom is -0.339 e. The molecule has 0 aliphatic carbocycles. The molecule has 1 heterocycles. The number of amides is 1. The summed E-state index contributed by atoms with van der Waals surface area (Å²) in [5.41, 5.74) is 0.548. The molecular formula is C16H11F2N3O4S. The molecule has 0 bridgehead atoms. The highest BCUT2D eigenvalue weighted by Gasteiger charge is 2.23. The van der Waals surface area contributed by atoms with E-state index in [0.717, 1.165) is 6.07 Å². The van der Waals surface area contributed by atoms with Crippen molar-refractivity contribution in [3.63, 3.8) is 0 Å². The highest BCUT2D eigenvalue weighted by atomic mass is 32.2. The van der Waals surface area contributed by atoms with Gasteiger partial charge in [-0.1, -0.05) is 17.3 Å². The Morgan fingerprint density at radius 1 is 1.12 bits per heavy atom. The Kier molecular flexibility index (Phi) is 4.51. The summed E-state index contributed by atoms with van der Waals surface area (Å²) in [4.78, 5) is 15.2. The van der Waals surface area contributed by atoms with Gasteiger partial charge in [-0.25, -0.2) is 21.9 Å². The molecule has 10 heteroatoms. The van der Waals surface area contributed by atoms with Crippen molar-refractivity contribution < 1.29 is 26.5 Å². The van der Waals surface area contributed by atoms with Crippen LogP contribution in [0.2, 0.25) is 0 Å². The van der Waals surface area contributed by atoms with E-state index in [-0.39, 0.29) is 5.56 Å². The van der Waals surface area contributed by atoms with E-state index >= 15 is 0 Å². The van der Waals surface area contributed by atoms with Crippen molar-refractivity contribution in [3.05, 3.63) is 65.6 Å². The van der Waals surface area contributed by atoms with Crippen LogP contribution >= 0.6 is 0 Å². The predicted octanol–water partition coefficient (Wildman–Crippen LogP) is 2.44. The molecule has 0 saturated carbocycles. The number of halogens is 2. The van der Waals surface area contributed by atoms with Gasteiger partial charge in [0.2, 0.25) is 11.7 Å². The summed E-state index contributed by atoms with van der Waals surface area (Å²) in [5, 5.41) is 3.72. The van der Waals surface area contributed by atoms with Gasteiger partial charge in [0.25, 0.3) is 15.9 Å². The first-order chi connectivity index (χ1) is 12.3. The lowest BCUT2D eigenvalue weighted by atomic mass is 10.1. The summed E-state index contributed by atoms with van der Waals surface area (Å²) in [7, 11) is -4.57. The van der Waals surface area contributed by atoms with Gasteiger partial charge in [-0.2, -0.15) is 4.98 Å². The molecule has 0 aliphatic rings. The molecule has 0 saturated heterocycles. The molecule has 0 atom stereocenters. The molecule has 0 radical (unpaired) electrons. The number of nitrogens with zero attached hydrogens (tertiary/aromatic N) is 2. The number of nitrogens with one attached hydrogen (secondary N) is 1. The van der Waals surface area contributed by atoms with Gasteiger partial charge in [-0.3, -0.25) is 4.79 Å². The molecule has 3 aromatic rings. The number of hydrogen-bond acceptors (Lipinski definition) is 6. The largest absolute Gasteiger partial charge is 0.339 e. The van der Waals surface area contributed by atoms with E-state index in [1.807, 2.05) is 0 Å². The van der Waals surface area contributed by atoms with Gasteiger partial charge >= 0.3 is 0 Å². The van der Waals surface area contributed by atoms with Crippen molar-refractivity contribution >= 4 is 15.9 Å². The molecule has 2 aromatic carbocycles. The summed E-state index contributed by atoms with van der Waals surface area (Å²) in [6.07, 6.45) is 0. The maximum atomic E-state index is 13.6. The third kappa shape index (κ3) is 3.59. The second-order valence-corrected chi connectivity index (χ2v) is 6.87. The maximum absolute atomic E-state index is 13.6. The number of carbonyl (C=O) groups excluding carboxylic acids is 1. The van der Waals surface area contributed by atoms with Crippen LogP contribution in [0.25, 0.3) is 11.4 Å². The fourth-order valence-electron chi connectivity index (χ4n) is 2.11. The first-order valence-corrected chi connectivity index (χ1v) is 8.67. The molecule has 1 N–H and O–H groups in total. The number of sulfonamides is 1. The lowest BCUT2D eigenvalue weighted by Crippen LogP contribution is -2.31. The smallest absolute Gasteiger partial charge is 0.267 e. The normalized spacial score (nSPS) is 11.3. The van der Waals surface area contributed by atoms with Crippen LogP contribution in [0.1, 0.15) is 16.2 Å². The first kappa shape index (κ1) is 17.7. The van der Waals surface area contributed by atoms with Crippen molar-refractivity contribution in [2.75, 3.05) is 0 Å². The molecule has 0 unspecified atom stereocenters. The summed E-state index contributed by atoms with van der Waals surface area (Å²) >= 11 is 0. The fraction of sp³-hybridized carbons (Fsp3) is 0.0625. The Morgan fingerprint density at radius 2 is 1.81 bits per heavy atom. The summed E-state index contributed by atoms with van der Waals surface area (Å²) in [5.74, 6) is -2.44. The van der Waals surface area contributed by atoms with E-state index in [4.69, 9.17) is 4.52 Å². The number of carbonyl (C=O) groups is 1. The topological polar surface area (TPSA) is 102 Å². The molecule has 3 rings (SSSR count). The second-order valence-electron chi connectivity index (χ2n) is 5.22.